The van der Waals surface area contributed by atoms with Crippen molar-refractivity contribution < 1.29 is 22.4 Å². The topological polar surface area (TPSA) is 86.8 Å². The van der Waals surface area contributed by atoms with Crippen LogP contribution in [0.5, 0.6) is 0 Å². The first-order chi connectivity index (χ1) is 9.75. The number of fused-ring (bicyclic) bond motifs is 1. The zero-order valence-corrected chi connectivity index (χ0v) is 12.3. The van der Waals surface area contributed by atoms with E-state index in [2.05, 4.69) is 4.72 Å². The molecule has 0 spiro atoms. The van der Waals surface area contributed by atoms with Crippen LogP contribution in [0.3, 0.4) is 0 Å². The summed E-state index contributed by atoms with van der Waals surface area (Å²) < 4.78 is 39.8. The molecule has 0 aliphatic carbocycles. The van der Waals surface area contributed by atoms with Crippen molar-refractivity contribution in [2.75, 3.05) is 27.2 Å². The third kappa shape index (κ3) is 2.80. The molecule has 1 N–H and O–H groups in total. The Bertz CT molecular complexity index is 702. The first kappa shape index (κ1) is 15.5. The molecule has 0 saturated heterocycles. The summed E-state index contributed by atoms with van der Waals surface area (Å²) in [6.45, 7) is -0.313. The van der Waals surface area contributed by atoms with Crippen molar-refractivity contribution in [1.29, 1.82) is 0 Å². The summed E-state index contributed by atoms with van der Waals surface area (Å²) in [6, 6.07) is 3.81. The third-order valence-electron chi connectivity index (χ3n) is 3.05. The summed E-state index contributed by atoms with van der Waals surface area (Å²) in [6.07, 6.45) is 0. The van der Waals surface area contributed by atoms with Crippen molar-refractivity contribution in [3.05, 3.63) is 35.1 Å². The van der Waals surface area contributed by atoms with Crippen LogP contribution in [0.4, 0.5) is 4.39 Å². The highest BCUT2D eigenvalue weighted by molar-refractivity contribution is 7.87. The van der Waals surface area contributed by atoms with Gasteiger partial charge in [-0.3, -0.25) is 14.5 Å². The minimum Gasteiger partial charge on any atom is -0.273 e. The average molecular weight is 315 g/mol. The van der Waals surface area contributed by atoms with Crippen LogP contribution < -0.4 is 4.72 Å². The summed E-state index contributed by atoms with van der Waals surface area (Å²) in [4.78, 5) is 24.8. The van der Waals surface area contributed by atoms with Gasteiger partial charge in [0, 0.05) is 27.2 Å². The van der Waals surface area contributed by atoms with E-state index in [1.807, 2.05) is 0 Å². The van der Waals surface area contributed by atoms with Crippen molar-refractivity contribution in [1.82, 2.24) is 13.9 Å². The highest BCUT2D eigenvalue weighted by Gasteiger charge is 2.37. The first-order valence-electron chi connectivity index (χ1n) is 6.07. The van der Waals surface area contributed by atoms with Crippen LogP contribution >= 0.6 is 0 Å². The number of rotatable bonds is 5. The van der Waals surface area contributed by atoms with Gasteiger partial charge in [-0.1, -0.05) is 6.07 Å². The van der Waals surface area contributed by atoms with Crippen LogP contribution in [0.25, 0.3) is 0 Å². The number of carbonyl (C=O) groups is 2. The Morgan fingerprint density at radius 2 is 1.90 bits per heavy atom. The smallest absolute Gasteiger partial charge is 0.273 e. The van der Waals surface area contributed by atoms with Crippen molar-refractivity contribution in [3.63, 3.8) is 0 Å². The van der Waals surface area contributed by atoms with Gasteiger partial charge < -0.3 is 0 Å². The number of benzene rings is 1. The molecular formula is C12H14FN3O4S. The molecule has 0 fully saturated rings. The summed E-state index contributed by atoms with van der Waals surface area (Å²) in [5, 5.41) is 0. The highest BCUT2D eigenvalue weighted by Crippen LogP contribution is 2.24. The van der Waals surface area contributed by atoms with Gasteiger partial charge in [-0.2, -0.15) is 12.7 Å². The lowest BCUT2D eigenvalue weighted by Gasteiger charge is -2.16. The van der Waals surface area contributed by atoms with E-state index in [9.17, 15) is 22.4 Å². The molecule has 9 heteroatoms. The van der Waals surface area contributed by atoms with Crippen molar-refractivity contribution in [2.45, 2.75) is 0 Å². The molecule has 1 aromatic rings. The van der Waals surface area contributed by atoms with Gasteiger partial charge in [0.2, 0.25) is 0 Å². The van der Waals surface area contributed by atoms with Gasteiger partial charge in [-0.25, -0.2) is 9.11 Å². The molecule has 2 amide bonds. The number of hydrogen-bond donors (Lipinski definition) is 1. The van der Waals surface area contributed by atoms with Crippen molar-refractivity contribution in [2.24, 2.45) is 0 Å². The Kier molecular flexibility index (Phi) is 4.08. The van der Waals surface area contributed by atoms with Gasteiger partial charge in [0.05, 0.1) is 11.1 Å². The predicted octanol–water partition coefficient (Wildman–Crippen LogP) is -0.182. The molecule has 0 radical (unpaired) electrons. The summed E-state index contributed by atoms with van der Waals surface area (Å²) in [5.74, 6) is -2.14. The van der Waals surface area contributed by atoms with Gasteiger partial charge in [0.1, 0.15) is 5.82 Å². The fourth-order valence-electron chi connectivity index (χ4n) is 1.91. The second-order valence-corrected chi connectivity index (χ2v) is 6.58. The lowest BCUT2D eigenvalue weighted by molar-refractivity contribution is 0.0656. The van der Waals surface area contributed by atoms with Crippen LogP contribution in [0, 0.1) is 5.82 Å². The van der Waals surface area contributed by atoms with E-state index >= 15 is 0 Å². The van der Waals surface area contributed by atoms with Gasteiger partial charge in [0.15, 0.2) is 0 Å². The SMILES string of the molecule is CN(C)S(=O)(=O)NCCN1C(=O)c2cccc(F)c2C1=O. The summed E-state index contributed by atoms with van der Waals surface area (Å²) in [7, 11) is -0.947. The average Bonchev–Trinajstić information content (AvgIpc) is 2.64. The Balaban J connectivity index is 2.10. The van der Waals surface area contributed by atoms with Crippen LogP contribution in [0.1, 0.15) is 20.7 Å². The third-order valence-corrected chi connectivity index (χ3v) is 4.58. The maximum absolute atomic E-state index is 13.6. The monoisotopic (exact) mass is 315 g/mol. The Morgan fingerprint density at radius 1 is 1.24 bits per heavy atom. The number of halogens is 1. The second kappa shape index (κ2) is 5.51. The quantitative estimate of drug-likeness (QED) is 0.764. The molecule has 0 aromatic heterocycles. The first-order valence-corrected chi connectivity index (χ1v) is 7.51. The molecule has 1 aliphatic heterocycles. The molecule has 2 rings (SSSR count). The zero-order valence-electron chi connectivity index (χ0n) is 11.5. The van der Waals surface area contributed by atoms with Gasteiger partial charge in [-0.15, -0.1) is 0 Å². The van der Waals surface area contributed by atoms with E-state index in [0.29, 0.717) is 0 Å². The maximum Gasteiger partial charge on any atom is 0.278 e. The molecule has 21 heavy (non-hydrogen) atoms. The van der Waals surface area contributed by atoms with E-state index in [4.69, 9.17) is 0 Å². The molecule has 1 aliphatic rings. The Labute approximate surface area is 121 Å². The molecule has 7 nitrogen and oxygen atoms in total. The van der Waals surface area contributed by atoms with Gasteiger partial charge in [0.25, 0.3) is 22.0 Å². The van der Waals surface area contributed by atoms with E-state index < -0.39 is 27.8 Å². The Morgan fingerprint density at radius 3 is 2.48 bits per heavy atom. The fourth-order valence-corrected chi connectivity index (χ4v) is 2.52. The Hall–Kier alpha value is -1.84. The van der Waals surface area contributed by atoms with Gasteiger partial charge >= 0.3 is 0 Å². The van der Waals surface area contributed by atoms with Crippen molar-refractivity contribution >= 4 is 22.0 Å². The maximum atomic E-state index is 13.6. The van der Waals surface area contributed by atoms with E-state index in [0.717, 1.165) is 15.3 Å². The standard InChI is InChI=1S/C12H14FN3O4S/c1-15(2)21(19,20)14-6-7-16-11(17)8-4-3-5-9(13)10(8)12(16)18/h3-5,14H,6-7H2,1-2H3. The fraction of sp³-hybridized carbons (Fsp3) is 0.333. The van der Waals surface area contributed by atoms with Crippen LogP contribution in [-0.4, -0.2) is 56.6 Å². The van der Waals surface area contributed by atoms with E-state index in [-0.39, 0.29) is 24.2 Å². The van der Waals surface area contributed by atoms with Crippen LogP contribution in [0.15, 0.2) is 18.2 Å². The predicted molar refractivity (Wildman–Crippen MR) is 72.4 cm³/mol. The van der Waals surface area contributed by atoms with Crippen molar-refractivity contribution in [3.8, 4) is 0 Å². The molecule has 0 saturated carbocycles. The largest absolute Gasteiger partial charge is 0.278 e. The highest BCUT2D eigenvalue weighted by atomic mass is 32.2. The molecule has 1 heterocycles. The second-order valence-electron chi connectivity index (χ2n) is 4.61. The number of amides is 2. The van der Waals surface area contributed by atoms with Crippen LogP contribution in [0.2, 0.25) is 0 Å². The normalized spacial score (nSPS) is 15.0. The summed E-state index contributed by atoms with van der Waals surface area (Å²) >= 11 is 0. The van der Waals surface area contributed by atoms with Gasteiger partial charge in [-0.05, 0) is 12.1 Å². The van der Waals surface area contributed by atoms with Crippen LogP contribution in [-0.2, 0) is 10.2 Å². The number of carbonyl (C=O) groups excluding carboxylic acids is 2. The van der Waals surface area contributed by atoms with E-state index in [1.54, 1.807) is 0 Å². The lowest BCUT2D eigenvalue weighted by Crippen LogP contribution is -2.42. The zero-order chi connectivity index (χ0) is 15.8. The molecule has 0 unspecified atom stereocenters. The number of nitrogens with one attached hydrogen (secondary N) is 1. The number of hydrogen-bond acceptors (Lipinski definition) is 4. The lowest BCUT2D eigenvalue weighted by atomic mass is 10.1. The molecule has 0 atom stereocenters. The molecule has 114 valence electrons. The number of imide groups is 1. The molecular weight excluding hydrogens is 301 g/mol. The summed E-state index contributed by atoms with van der Waals surface area (Å²) in [5.41, 5.74) is -0.270. The minimum absolute atomic E-state index is 0.00420. The molecule has 0 bridgehead atoms. The van der Waals surface area contributed by atoms with E-state index in [1.165, 1.54) is 26.2 Å². The number of nitrogens with zero attached hydrogens (tertiary/aromatic N) is 2. The molecule has 1 aromatic carbocycles. The minimum atomic E-state index is -3.64.